The van der Waals surface area contributed by atoms with Crippen LogP contribution in [0.3, 0.4) is 0 Å². The maximum absolute atomic E-state index is 11.6. The molecule has 1 saturated carbocycles. The molecule has 0 atom stereocenters. The highest BCUT2D eigenvalue weighted by Crippen LogP contribution is 2.16. The number of hydrogen-bond donors (Lipinski definition) is 2. The van der Waals surface area contributed by atoms with Crippen LogP contribution in [0.2, 0.25) is 0 Å². The van der Waals surface area contributed by atoms with Gasteiger partial charge in [-0.25, -0.2) is 4.79 Å². The molecule has 1 aliphatic carbocycles. The third-order valence-corrected chi connectivity index (χ3v) is 3.26. The fourth-order valence-corrected chi connectivity index (χ4v) is 2.24. The first-order valence-corrected chi connectivity index (χ1v) is 6.87. The number of amides is 2. The Morgan fingerprint density at radius 2 is 1.88 bits per heavy atom. The summed E-state index contributed by atoms with van der Waals surface area (Å²) < 4.78 is 0. The average molecular weight is 241 g/mol. The third-order valence-electron chi connectivity index (χ3n) is 3.26. The molecule has 0 aromatic rings. The predicted molar refractivity (Wildman–Crippen MR) is 71.2 cm³/mol. The van der Waals surface area contributed by atoms with Gasteiger partial charge in [-0.2, -0.15) is 0 Å². The highest BCUT2D eigenvalue weighted by molar-refractivity contribution is 5.74. The van der Waals surface area contributed by atoms with E-state index in [-0.39, 0.29) is 6.03 Å². The molecule has 0 aromatic heterocycles. The Hall–Kier alpha value is -0.770. The van der Waals surface area contributed by atoms with E-state index in [1.54, 1.807) is 0 Å². The second-order valence-corrected chi connectivity index (χ2v) is 5.25. The molecule has 0 spiro atoms. The topological polar surface area (TPSA) is 44.4 Å². The lowest BCUT2D eigenvalue weighted by molar-refractivity contribution is 0.232. The largest absolute Gasteiger partial charge is 0.338 e. The van der Waals surface area contributed by atoms with Gasteiger partial charge in [-0.05, 0) is 46.3 Å². The van der Waals surface area contributed by atoms with Crippen molar-refractivity contribution in [2.45, 2.75) is 51.0 Å². The Labute approximate surface area is 105 Å². The zero-order valence-corrected chi connectivity index (χ0v) is 11.3. The minimum absolute atomic E-state index is 0.0155. The lowest BCUT2D eigenvalue weighted by atomic mass is 9.96. The van der Waals surface area contributed by atoms with Gasteiger partial charge in [0, 0.05) is 12.6 Å². The standard InChI is InChI=1S/C13H27N3O/c1-16(2)11-7-6-10-14-13(17)15-12-8-4-3-5-9-12/h12H,3-11H2,1-2H3,(H2,14,15,17). The molecule has 100 valence electrons. The van der Waals surface area contributed by atoms with E-state index < -0.39 is 0 Å². The van der Waals surface area contributed by atoms with Crippen LogP contribution in [0.5, 0.6) is 0 Å². The predicted octanol–water partition coefficient (Wildman–Crippen LogP) is 1.96. The summed E-state index contributed by atoms with van der Waals surface area (Å²) in [7, 11) is 4.15. The van der Waals surface area contributed by atoms with Gasteiger partial charge in [0.2, 0.25) is 0 Å². The van der Waals surface area contributed by atoms with E-state index in [2.05, 4.69) is 29.6 Å². The summed E-state index contributed by atoms with van der Waals surface area (Å²) in [6.07, 6.45) is 8.32. The second kappa shape index (κ2) is 8.34. The van der Waals surface area contributed by atoms with Crippen molar-refractivity contribution < 1.29 is 4.79 Å². The molecular formula is C13H27N3O. The molecule has 0 heterocycles. The minimum atomic E-state index is 0.0155. The number of unbranched alkanes of at least 4 members (excludes halogenated alkanes) is 1. The molecule has 0 aromatic carbocycles. The van der Waals surface area contributed by atoms with Gasteiger partial charge in [0.25, 0.3) is 0 Å². The van der Waals surface area contributed by atoms with Crippen LogP contribution < -0.4 is 10.6 Å². The second-order valence-electron chi connectivity index (χ2n) is 5.25. The first-order chi connectivity index (χ1) is 8.18. The van der Waals surface area contributed by atoms with Crippen molar-refractivity contribution in [3.8, 4) is 0 Å². The molecule has 4 heteroatoms. The zero-order chi connectivity index (χ0) is 12.5. The van der Waals surface area contributed by atoms with Crippen molar-refractivity contribution in [2.24, 2.45) is 0 Å². The van der Waals surface area contributed by atoms with E-state index >= 15 is 0 Å². The van der Waals surface area contributed by atoms with Gasteiger partial charge in [-0.3, -0.25) is 0 Å². The molecule has 4 nitrogen and oxygen atoms in total. The maximum Gasteiger partial charge on any atom is 0.315 e. The molecule has 2 N–H and O–H groups in total. The van der Waals surface area contributed by atoms with Crippen LogP contribution >= 0.6 is 0 Å². The van der Waals surface area contributed by atoms with Gasteiger partial charge < -0.3 is 15.5 Å². The van der Waals surface area contributed by atoms with E-state index in [0.717, 1.165) is 38.8 Å². The van der Waals surface area contributed by atoms with E-state index in [9.17, 15) is 4.79 Å². The summed E-state index contributed by atoms with van der Waals surface area (Å²) in [5.74, 6) is 0. The molecule has 0 unspecified atom stereocenters. The number of rotatable bonds is 6. The lowest BCUT2D eigenvalue weighted by Crippen LogP contribution is -2.43. The molecule has 1 rings (SSSR count). The Morgan fingerprint density at radius 1 is 1.18 bits per heavy atom. The normalized spacial score (nSPS) is 17.1. The van der Waals surface area contributed by atoms with Gasteiger partial charge in [-0.1, -0.05) is 19.3 Å². The third kappa shape index (κ3) is 7.21. The smallest absolute Gasteiger partial charge is 0.315 e. The zero-order valence-electron chi connectivity index (χ0n) is 11.3. The van der Waals surface area contributed by atoms with E-state index in [4.69, 9.17) is 0 Å². The van der Waals surface area contributed by atoms with Crippen molar-refractivity contribution in [3.05, 3.63) is 0 Å². The Bertz CT molecular complexity index is 213. The summed E-state index contributed by atoms with van der Waals surface area (Å²) in [5, 5.41) is 5.99. The van der Waals surface area contributed by atoms with Crippen LogP contribution in [0.4, 0.5) is 4.79 Å². The van der Waals surface area contributed by atoms with E-state index in [1.807, 2.05) is 0 Å². The van der Waals surface area contributed by atoms with Gasteiger partial charge in [-0.15, -0.1) is 0 Å². The fraction of sp³-hybridized carbons (Fsp3) is 0.923. The number of nitrogens with one attached hydrogen (secondary N) is 2. The number of nitrogens with zero attached hydrogens (tertiary/aromatic N) is 1. The molecule has 0 saturated heterocycles. The Kier molecular flexibility index (Phi) is 7.01. The number of carbonyl (C=O) groups excluding carboxylic acids is 1. The lowest BCUT2D eigenvalue weighted by Gasteiger charge is -2.22. The molecule has 17 heavy (non-hydrogen) atoms. The van der Waals surface area contributed by atoms with Crippen molar-refractivity contribution in [3.63, 3.8) is 0 Å². The van der Waals surface area contributed by atoms with Crippen LogP contribution in [-0.2, 0) is 0 Å². The van der Waals surface area contributed by atoms with Crippen molar-refractivity contribution in [1.29, 1.82) is 0 Å². The first-order valence-electron chi connectivity index (χ1n) is 6.87. The highest BCUT2D eigenvalue weighted by atomic mass is 16.2. The van der Waals surface area contributed by atoms with Gasteiger partial charge in [0.15, 0.2) is 0 Å². The van der Waals surface area contributed by atoms with Gasteiger partial charge >= 0.3 is 6.03 Å². The molecule has 1 aliphatic rings. The van der Waals surface area contributed by atoms with Crippen molar-refractivity contribution >= 4 is 6.03 Å². The summed E-state index contributed by atoms with van der Waals surface area (Å²) in [4.78, 5) is 13.7. The SMILES string of the molecule is CN(C)CCCCNC(=O)NC1CCCCC1. The minimum Gasteiger partial charge on any atom is -0.338 e. The Morgan fingerprint density at radius 3 is 2.53 bits per heavy atom. The highest BCUT2D eigenvalue weighted by Gasteiger charge is 2.14. The molecule has 0 radical (unpaired) electrons. The van der Waals surface area contributed by atoms with Crippen LogP contribution in [0.15, 0.2) is 0 Å². The van der Waals surface area contributed by atoms with Crippen molar-refractivity contribution in [1.82, 2.24) is 15.5 Å². The average Bonchev–Trinajstić information content (AvgIpc) is 2.29. The summed E-state index contributed by atoms with van der Waals surface area (Å²) >= 11 is 0. The molecule has 0 bridgehead atoms. The van der Waals surface area contributed by atoms with Crippen molar-refractivity contribution in [2.75, 3.05) is 27.2 Å². The molecule has 0 aliphatic heterocycles. The van der Waals surface area contributed by atoms with Crippen LogP contribution in [-0.4, -0.2) is 44.2 Å². The van der Waals surface area contributed by atoms with E-state index in [1.165, 1.54) is 19.3 Å². The van der Waals surface area contributed by atoms with Crippen LogP contribution in [0.1, 0.15) is 44.9 Å². The van der Waals surface area contributed by atoms with E-state index in [0.29, 0.717) is 6.04 Å². The number of urea groups is 1. The molecule has 2 amide bonds. The summed E-state index contributed by atoms with van der Waals surface area (Å²) in [6, 6.07) is 0.423. The van der Waals surface area contributed by atoms with Crippen LogP contribution in [0.25, 0.3) is 0 Å². The molecule has 1 fully saturated rings. The van der Waals surface area contributed by atoms with Gasteiger partial charge in [0.1, 0.15) is 0 Å². The van der Waals surface area contributed by atoms with Crippen LogP contribution in [0, 0.1) is 0 Å². The monoisotopic (exact) mass is 241 g/mol. The summed E-state index contributed by atoms with van der Waals surface area (Å²) in [5.41, 5.74) is 0. The Balaban J connectivity index is 1.97. The van der Waals surface area contributed by atoms with Gasteiger partial charge in [0.05, 0.1) is 0 Å². The quantitative estimate of drug-likeness (QED) is 0.698. The maximum atomic E-state index is 11.6. The number of hydrogen-bond acceptors (Lipinski definition) is 2. The molecular weight excluding hydrogens is 214 g/mol. The first kappa shape index (κ1) is 14.3. The summed E-state index contributed by atoms with van der Waals surface area (Å²) in [6.45, 7) is 1.87. The number of carbonyl (C=O) groups is 1. The fourth-order valence-electron chi connectivity index (χ4n) is 2.24.